The zero-order valence-corrected chi connectivity index (χ0v) is 28.2. The first-order valence-electron chi connectivity index (χ1n) is 16.2. The Morgan fingerprint density at radius 2 is 0.644 bits per heavy atom. The fourth-order valence-corrected chi connectivity index (χ4v) is 6.50. The largest absolute Gasteiger partial charge is 0.485 e. The number of fused-ring (bicyclic) bond motifs is 11. The monoisotopic (exact) mass is 618 g/mol. The first-order valence-corrected chi connectivity index (χ1v) is 16.2. The second-order valence-corrected chi connectivity index (χ2v) is 14.4. The lowest BCUT2D eigenvalue weighted by atomic mass is 9.85. The summed E-state index contributed by atoms with van der Waals surface area (Å²) >= 11 is 0. The van der Waals surface area contributed by atoms with Crippen molar-refractivity contribution in [2.75, 3.05) is 52.9 Å². The van der Waals surface area contributed by atoms with E-state index in [4.69, 9.17) is 23.7 Å². The minimum Gasteiger partial charge on any atom is -0.485 e. The van der Waals surface area contributed by atoms with E-state index < -0.39 is 10.8 Å². The van der Waals surface area contributed by atoms with Crippen LogP contribution in [0, 0.1) is 0 Å². The maximum Gasteiger partial charge on any atom is 0.183 e. The lowest BCUT2D eigenvalue weighted by molar-refractivity contribution is 0.00695. The van der Waals surface area contributed by atoms with E-state index in [1.54, 1.807) is 0 Å². The molecule has 4 N–H and O–H groups in total. The quantitative estimate of drug-likeness (QED) is 0.181. The number of hydrogen-bond acceptors (Lipinski definition) is 5. The Bertz CT molecular complexity index is 1500. The van der Waals surface area contributed by atoms with E-state index in [1.807, 2.05) is 0 Å². The van der Waals surface area contributed by atoms with Crippen molar-refractivity contribution in [3.05, 3.63) is 81.9 Å². The van der Waals surface area contributed by atoms with Gasteiger partial charge in [0.05, 0.1) is 51.0 Å². The van der Waals surface area contributed by atoms with Gasteiger partial charge in [-0.15, -0.1) is 0 Å². The molecule has 0 amide bonds. The summed E-state index contributed by atoms with van der Waals surface area (Å²) < 4.78 is 30.5. The van der Waals surface area contributed by atoms with Gasteiger partial charge >= 0.3 is 0 Å². The summed E-state index contributed by atoms with van der Waals surface area (Å²) in [5, 5.41) is 0. The topological polar surface area (TPSA) is 109 Å². The maximum atomic E-state index is 6.61. The SMILES string of the molecule is CC1(C)c2ccc([nH]2)C(C)(C)c2ccc([nH]2)C(C)(C)c2[nH]c(c3c2OCCOCCOCCOCCO3)C(C)(C)c2ccc1[nH]2. The van der Waals surface area contributed by atoms with E-state index in [2.05, 4.69) is 112 Å². The molecule has 6 heterocycles. The number of aromatic amines is 4. The lowest BCUT2D eigenvalue weighted by Gasteiger charge is -2.28. The summed E-state index contributed by atoms with van der Waals surface area (Å²) in [5.41, 5.74) is 7.13. The summed E-state index contributed by atoms with van der Waals surface area (Å²) in [7, 11) is 0. The van der Waals surface area contributed by atoms with Crippen LogP contribution < -0.4 is 9.47 Å². The number of aromatic nitrogens is 4. The molecule has 0 saturated carbocycles. The van der Waals surface area contributed by atoms with Gasteiger partial charge in [-0.25, -0.2) is 0 Å². The predicted molar refractivity (Wildman–Crippen MR) is 175 cm³/mol. The van der Waals surface area contributed by atoms with Gasteiger partial charge in [0.2, 0.25) is 0 Å². The number of rotatable bonds is 0. The van der Waals surface area contributed by atoms with Crippen LogP contribution in [0.4, 0.5) is 0 Å². The molecular weight excluding hydrogens is 568 g/mol. The molecule has 0 fully saturated rings. The fourth-order valence-electron chi connectivity index (χ4n) is 6.50. The Balaban J connectivity index is 1.55. The first-order chi connectivity index (χ1) is 21.3. The number of H-pyrrole nitrogens is 4. The van der Waals surface area contributed by atoms with Crippen molar-refractivity contribution in [3.63, 3.8) is 0 Å². The van der Waals surface area contributed by atoms with Crippen molar-refractivity contribution in [1.29, 1.82) is 0 Å². The van der Waals surface area contributed by atoms with Crippen LogP contribution in [0.1, 0.15) is 101 Å². The third-order valence-corrected chi connectivity index (χ3v) is 9.95. The summed E-state index contributed by atoms with van der Waals surface area (Å²) in [5.74, 6) is 1.41. The molecule has 0 radical (unpaired) electrons. The number of nitrogens with one attached hydrogen (secondary N) is 4. The third-order valence-electron chi connectivity index (χ3n) is 9.95. The highest BCUT2D eigenvalue weighted by Crippen LogP contribution is 2.50. The van der Waals surface area contributed by atoms with Crippen molar-refractivity contribution in [2.45, 2.75) is 77.0 Å². The van der Waals surface area contributed by atoms with Gasteiger partial charge < -0.3 is 43.6 Å². The van der Waals surface area contributed by atoms with Gasteiger partial charge in [-0.2, -0.15) is 0 Å². The van der Waals surface area contributed by atoms with Crippen molar-refractivity contribution in [2.24, 2.45) is 0 Å². The third kappa shape index (κ3) is 5.64. The molecule has 0 saturated heterocycles. The van der Waals surface area contributed by atoms with E-state index in [1.165, 1.54) is 0 Å². The van der Waals surface area contributed by atoms with Crippen LogP contribution in [-0.2, 0) is 35.9 Å². The molecule has 2 aliphatic rings. The molecule has 4 aromatic rings. The highest BCUT2D eigenvalue weighted by molar-refractivity contribution is 5.58. The van der Waals surface area contributed by atoms with Gasteiger partial charge in [0, 0.05) is 55.8 Å². The highest BCUT2D eigenvalue weighted by atomic mass is 16.6. The van der Waals surface area contributed by atoms with Crippen molar-refractivity contribution in [3.8, 4) is 11.5 Å². The molecule has 9 nitrogen and oxygen atoms in total. The van der Waals surface area contributed by atoms with Crippen molar-refractivity contribution in [1.82, 2.24) is 19.9 Å². The lowest BCUT2D eigenvalue weighted by Crippen LogP contribution is -2.26. The molecule has 6 rings (SSSR count). The average Bonchev–Trinajstić information content (AvgIpc) is 3.80. The van der Waals surface area contributed by atoms with Gasteiger partial charge in [0.25, 0.3) is 0 Å². The van der Waals surface area contributed by atoms with E-state index >= 15 is 0 Å². The molecule has 0 aliphatic carbocycles. The van der Waals surface area contributed by atoms with Crippen LogP contribution in [0.5, 0.6) is 11.5 Å². The standard InChI is InChI=1S/C36H50N4O5/c1-33(2)23-9-10-24(37-23)34(3,4)26-12-14-28(39-26)36(7,8)32-30-29(31(40-32)35(5,6)27-13-11-25(33)38-27)44-21-19-42-17-15-41-16-18-43-20-22-45-30/h9-14,37-40H,15-22H2,1-8H3. The van der Waals surface area contributed by atoms with Crippen molar-refractivity contribution >= 4 is 0 Å². The Labute approximate surface area is 266 Å². The molecular formula is C36H50N4O5. The molecule has 8 bridgehead atoms. The Kier molecular flexibility index (Phi) is 8.25. The van der Waals surface area contributed by atoms with Crippen LogP contribution in [0.15, 0.2) is 36.4 Å². The first kappa shape index (κ1) is 31.6. The Morgan fingerprint density at radius 1 is 0.378 bits per heavy atom. The molecule has 9 heteroatoms. The summed E-state index contributed by atoms with van der Waals surface area (Å²) in [6, 6.07) is 13.3. The normalized spacial score (nSPS) is 21.4. The van der Waals surface area contributed by atoms with Gasteiger partial charge in [0.1, 0.15) is 13.2 Å². The molecule has 0 aromatic carbocycles. The minimum atomic E-state index is -0.481. The predicted octanol–water partition coefficient (Wildman–Crippen LogP) is 6.44. The summed E-state index contributed by atoms with van der Waals surface area (Å²) in [6.07, 6.45) is 0. The summed E-state index contributed by atoms with van der Waals surface area (Å²) in [4.78, 5) is 15.3. The van der Waals surface area contributed by atoms with Crippen LogP contribution in [0.2, 0.25) is 0 Å². The second-order valence-electron chi connectivity index (χ2n) is 14.4. The zero-order valence-electron chi connectivity index (χ0n) is 28.2. The Morgan fingerprint density at radius 3 is 0.956 bits per heavy atom. The molecule has 0 unspecified atom stereocenters. The molecule has 2 aliphatic heterocycles. The smallest absolute Gasteiger partial charge is 0.183 e. The zero-order chi connectivity index (χ0) is 32.0. The van der Waals surface area contributed by atoms with Gasteiger partial charge in [-0.1, -0.05) is 0 Å². The van der Waals surface area contributed by atoms with Crippen LogP contribution in [-0.4, -0.2) is 72.8 Å². The van der Waals surface area contributed by atoms with E-state index in [-0.39, 0.29) is 10.8 Å². The van der Waals surface area contributed by atoms with Gasteiger partial charge in [-0.05, 0) is 91.8 Å². The van der Waals surface area contributed by atoms with Crippen LogP contribution in [0.25, 0.3) is 0 Å². The maximum absolute atomic E-state index is 6.61. The number of hydrogen-bond donors (Lipinski definition) is 4. The van der Waals surface area contributed by atoms with E-state index in [9.17, 15) is 0 Å². The second kappa shape index (κ2) is 11.8. The molecule has 45 heavy (non-hydrogen) atoms. The number of ether oxygens (including phenoxy) is 5. The van der Waals surface area contributed by atoms with Crippen LogP contribution >= 0.6 is 0 Å². The fraction of sp³-hybridized carbons (Fsp3) is 0.556. The van der Waals surface area contributed by atoms with Crippen molar-refractivity contribution < 1.29 is 23.7 Å². The summed E-state index contributed by atoms with van der Waals surface area (Å²) in [6.45, 7) is 21.6. The minimum absolute atomic E-state index is 0.276. The highest BCUT2D eigenvalue weighted by Gasteiger charge is 2.41. The van der Waals surface area contributed by atoms with E-state index in [0.29, 0.717) is 64.4 Å². The molecule has 0 spiro atoms. The molecule has 0 atom stereocenters. The van der Waals surface area contributed by atoms with Crippen LogP contribution in [0.3, 0.4) is 0 Å². The average molecular weight is 619 g/mol. The van der Waals surface area contributed by atoms with E-state index in [0.717, 1.165) is 45.6 Å². The molecule has 4 aromatic heterocycles. The van der Waals surface area contributed by atoms with Gasteiger partial charge in [-0.3, -0.25) is 0 Å². The Hall–Kier alpha value is -3.40. The molecule has 244 valence electrons. The van der Waals surface area contributed by atoms with Gasteiger partial charge in [0.15, 0.2) is 11.5 Å².